The molecule has 2 heteroatoms. The summed E-state index contributed by atoms with van der Waals surface area (Å²) in [7, 11) is 0. The van der Waals surface area contributed by atoms with Crippen molar-refractivity contribution in [3.63, 3.8) is 0 Å². The van der Waals surface area contributed by atoms with E-state index in [1.807, 2.05) is 6.07 Å². The van der Waals surface area contributed by atoms with Crippen LogP contribution in [-0.4, -0.2) is 6.29 Å². The summed E-state index contributed by atoms with van der Waals surface area (Å²) < 4.78 is 5.30. The lowest BCUT2D eigenvalue weighted by molar-refractivity contribution is 0.109. The lowest BCUT2D eigenvalue weighted by Gasteiger charge is -1.98. The largest absolute Gasteiger partial charge is 0.458 e. The molecule has 0 unspecified atom stereocenters. The van der Waals surface area contributed by atoms with Gasteiger partial charge < -0.3 is 4.42 Å². The fourth-order valence-corrected chi connectivity index (χ4v) is 1.46. The Hall–Kier alpha value is -1.83. The maximum absolute atomic E-state index is 10.4. The van der Waals surface area contributed by atoms with Crippen LogP contribution in [0.25, 0.3) is 0 Å². The highest BCUT2D eigenvalue weighted by molar-refractivity contribution is 5.70. The van der Waals surface area contributed by atoms with E-state index in [2.05, 4.69) is 31.2 Å². The minimum atomic E-state index is 0.386. The highest BCUT2D eigenvalue weighted by atomic mass is 16.3. The van der Waals surface area contributed by atoms with Crippen LogP contribution in [0, 0.1) is 6.92 Å². The summed E-state index contributed by atoms with van der Waals surface area (Å²) in [6.07, 6.45) is 1.45. The van der Waals surface area contributed by atoms with Crippen molar-refractivity contribution in [3.05, 3.63) is 59.0 Å². The predicted molar refractivity (Wildman–Crippen MR) is 58.1 cm³/mol. The molecule has 0 atom stereocenters. The van der Waals surface area contributed by atoms with Crippen molar-refractivity contribution in [2.75, 3.05) is 0 Å². The smallest absolute Gasteiger partial charge is 0.185 e. The van der Waals surface area contributed by atoms with Gasteiger partial charge in [-0.05, 0) is 24.6 Å². The maximum atomic E-state index is 10.4. The van der Waals surface area contributed by atoms with E-state index in [0.29, 0.717) is 5.76 Å². The van der Waals surface area contributed by atoms with Crippen LogP contribution in [-0.2, 0) is 6.42 Å². The molecule has 0 bridgehead atoms. The Morgan fingerprint density at radius 3 is 2.47 bits per heavy atom. The summed E-state index contributed by atoms with van der Waals surface area (Å²) in [6.45, 7) is 2.06. The first-order valence-electron chi connectivity index (χ1n) is 4.87. The molecule has 0 aliphatic rings. The highest BCUT2D eigenvalue weighted by Gasteiger charge is 2.01. The second-order valence-electron chi connectivity index (χ2n) is 3.58. The number of carbonyl (C=O) groups is 1. The zero-order valence-corrected chi connectivity index (χ0v) is 8.57. The van der Waals surface area contributed by atoms with Gasteiger partial charge in [0.25, 0.3) is 0 Å². The Balaban J connectivity index is 2.14. The molecule has 0 amide bonds. The van der Waals surface area contributed by atoms with Gasteiger partial charge in [-0.25, -0.2) is 0 Å². The van der Waals surface area contributed by atoms with Gasteiger partial charge in [0.2, 0.25) is 0 Å². The van der Waals surface area contributed by atoms with Gasteiger partial charge >= 0.3 is 0 Å². The van der Waals surface area contributed by atoms with E-state index in [0.717, 1.165) is 18.5 Å². The fourth-order valence-electron chi connectivity index (χ4n) is 1.46. The Morgan fingerprint density at radius 2 is 1.87 bits per heavy atom. The van der Waals surface area contributed by atoms with Crippen LogP contribution in [0.3, 0.4) is 0 Å². The van der Waals surface area contributed by atoms with Gasteiger partial charge in [0.15, 0.2) is 12.0 Å². The van der Waals surface area contributed by atoms with Gasteiger partial charge in [0.05, 0.1) is 0 Å². The quantitative estimate of drug-likeness (QED) is 0.713. The summed E-state index contributed by atoms with van der Waals surface area (Å²) in [6, 6.07) is 11.8. The first-order chi connectivity index (χ1) is 7.28. The molecule has 1 heterocycles. The number of aryl methyl sites for hydroxylation is 1. The number of carbonyl (C=O) groups excluding carboxylic acids is 1. The molecule has 0 saturated heterocycles. The molecule has 0 aliphatic carbocycles. The molecule has 0 spiro atoms. The highest BCUT2D eigenvalue weighted by Crippen LogP contribution is 2.12. The minimum absolute atomic E-state index is 0.386. The minimum Gasteiger partial charge on any atom is -0.458 e. The number of aldehydes is 1. The standard InChI is InChI=1S/C13H12O2/c1-10-2-4-11(5-3-10)8-12-6-7-13(9-14)15-12/h2-7,9H,8H2,1H3. The molecule has 0 saturated carbocycles. The van der Waals surface area contributed by atoms with Crippen LogP contribution in [0.1, 0.15) is 27.4 Å². The Bertz CT molecular complexity index is 452. The van der Waals surface area contributed by atoms with Crippen LogP contribution < -0.4 is 0 Å². The molecule has 2 nitrogen and oxygen atoms in total. The van der Waals surface area contributed by atoms with Gasteiger partial charge in [0.1, 0.15) is 5.76 Å². The second-order valence-corrected chi connectivity index (χ2v) is 3.58. The monoisotopic (exact) mass is 200 g/mol. The number of rotatable bonds is 3. The molecule has 15 heavy (non-hydrogen) atoms. The molecule has 0 N–H and O–H groups in total. The Labute approximate surface area is 88.5 Å². The third-order valence-corrected chi connectivity index (χ3v) is 2.30. The predicted octanol–water partition coefficient (Wildman–Crippen LogP) is 2.99. The molecule has 0 aliphatic heterocycles. The second kappa shape index (κ2) is 4.13. The SMILES string of the molecule is Cc1ccc(Cc2ccc(C=O)o2)cc1. The van der Waals surface area contributed by atoms with Crippen LogP contribution in [0.15, 0.2) is 40.8 Å². The number of furan rings is 1. The molecule has 76 valence electrons. The zero-order valence-electron chi connectivity index (χ0n) is 8.57. The van der Waals surface area contributed by atoms with E-state index in [1.54, 1.807) is 6.07 Å². The normalized spacial score (nSPS) is 10.2. The van der Waals surface area contributed by atoms with Gasteiger partial charge in [0, 0.05) is 6.42 Å². The zero-order chi connectivity index (χ0) is 10.7. The van der Waals surface area contributed by atoms with E-state index >= 15 is 0 Å². The van der Waals surface area contributed by atoms with Crippen molar-refractivity contribution in [3.8, 4) is 0 Å². The van der Waals surface area contributed by atoms with E-state index in [4.69, 9.17) is 4.42 Å². The van der Waals surface area contributed by atoms with Gasteiger partial charge in [-0.15, -0.1) is 0 Å². The summed E-state index contributed by atoms with van der Waals surface area (Å²) in [5, 5.41) is 0. The van der Waals surface area contributed by atoms with Crippen LogP contribution in [0.5, 0.6) is 0 Å². The van der Waals surface area contributed by atoms with Crippen molar-refractivity contribution in [1.29, 1.82) is 0 Å². The van der Waals surface area contributed by atoms with E-state index in [1.165, 1.54) is 11.1 Å². The van der Waals surface area contributed by atoms with E-state index in [9.17, 15) is 4.79 Å². The maximum Gasteiger partial charge on any atom is 0.185 e. The lowest BCUT2D eigenvalue weighted by Crippen LogP contribution is -1.85. The fraction of sp³-hybridized carbons (Fsp3) is 0.154. The molecule has 0 radical (unpaired) electrons. The first kappa shape index (κ1) is 9.71. The summed E-state index contributed by atoms with van der Waals surface area (Å²) in [4.78, 5) is 10.4. The van der Waals surface area contributed by atoms with Crippen LogP contribution in [0.2, 0.25) is 0 Å². The van der Waals surface area contributed by atoms with Crippen molar-refractivity contribution in [2.24, 2.45) is 0 Å². The molecule has 0 fully saturated rings. The Kier molecular flexibility index (Phi) is 2.68. The molecule has 2 aromatic rings. The number of hydrogen-bond donors (Lipinski definition) is 0. The third kappa shape index (κ3) is 2.34. The average Bonchev–Trinajstić information content (AvgIpc) is 2.69. The first-order valence-corrected chi connectivity index (χ1v) is 4.87. The number of hydrogen-bond acceptors (Lipinski definition) is 2. The average molecular weight is 200 g/mol. The molecular formula is C13H12O2. The van der Waals surface area contributed by atoms with Crippen molar-refractivity contribution < 1.29 is 9.21 Å². The summed E-state index contributed by atoms with van der Waals surface area (Å²) >= 11 is 0. The van der Waals surface area contributed by atoms with Crippen molar-refractivity contribution >= 4 is 6.29 Å². The van der Waals surface area contributed by atoms with Crippen LogP contribution in [0.4, 0.5) is 0 Å². The summed E-state index contributed by atoms with van der Waals surface area (Å²) in [5.41, 5.74) is 2.43. The van der Waals surface area contributed by atoms with E-state index < -0.39 is 0 Å². The number of benzene rings is 1. The Morgan fingerprint density at radius 1 is 1.13 bits per heavy atom. The van der Waals surface area contributed by atoms with E-state index in [-0.39, 0.29) is 0 Å². The third-order valence-electron chi connectivity index (χ3n) is 2.30. The van der Waals surface area contributed by atoms with Crippen LogP contribution >= 0.6 is 0 Å². The molecule has 1 aromatic heterocycles. The molecular weight excluding hydrogens is 188 g/mol. The van der Waals surface area contributed by atoms with Gasteiger partial charge in [-0.3, -0.25) is 4.79 Å². The summed E-state index contributed by atoms with van der Waals surface area (Å²) in [5.74, 6) is 1.21. The molecule has 2 rings (SSSR count). The lowest BCUT2D eigenvalue weighted by atomic mass is 10.1. The topological polar surface area (TPSA) is 30.2 Å². The van der Waals surface area contributed by atoms with Gasteiger partial charge in [-0.2, -0.15) is 0 Å². The van der Waals surface area contributed by atoms with Crippen molar-refractivity contribution in [1.82, 2.24) is 0 Å². The van der Waals surface area contributed by atoms with Crippen molar-refractivity contribution in [2.45, 2.75) is 13.3 Å². The molecule has 1 aromatic carbocycles. The van der Waals surface area contributed by atoms with Gasteiger partial charge in [-0.1, -0.05) is 29.8 Å².